The third-order valence-corrected chi connectivity index (χ3v) is 4.36. The van der Waals surface area contributed by atoms with Gasteiger partial charge in [0.05, 0.1) is 13.2 Å². The molecule has 4 nitrogen and oxygen atoms in total. The molecule has 134 valence electrons. The Morgan fingerprint density at radius 1 is 1.17 bits per heavy atom. The summed E-state index contributed by atoms with van der Waals surface area (Å²) in [6, 6.07) is 0. The normalized spacial score (nSPS) is 21.5. The highest BCUT2D eigenvalue weighted by Gasteiger charge is 2.42. The van der Waals surface area contributed by atoms with Gasteiger partial charge in [-0.25, -0.2) is 0 Å². The number of aliphatic hydroxyl groups excluding tert-OH is 1. The minimum atomic E-state index is -0.443. The minimum Gasteiger partial charge on any atom is -0.469 e. The summed E-state index contributed by atoms with van der Waals surface area (Å²) in [7, 11) is 1.43. The van der Waals surface area contributed by atoms with Gasteiger partial charge in [-0.2, -0.15) is 0 Å². The summed E-state index contributed by atoms with van der Waals surface area (Å²) >= 11 is 0. The second kappa shape index (κ2) is 12.5. The second-order valence-corrected chi connectivity index (χ2v) is 6.44. The molecule has 1 rings (SSSR count). The van der Waals surface area contributed by atoms with Crippen molar-refractivity contribution in [3.05, 3.63) is 12.2 Å². The predicted molar refractivity (Wildman–Crippen MR) is 92.3 cm³/mol. The van der Waals surface area contributed by atoms with Gasteiger partial charge in [0.15, 0.2) is 0 Å². The van der Waals surface area contributed by atoms with Crippen LogP contribution in [-0.4, -0.2) is 36.5 Å². The number of hydrogen-bond donors (Lipinski definition) is 1. The van der Waals surface area contributed by atoms with E-state index in [0.717, 1.165) is 38.5 Å². The van der Waals surface area contributed by atoms with Crippen LogP contribution in [-0.2, 0) is 14.3 Å². The van der Waals surface area contributed by atoms with Crippen LogP contribution in [0.5, 0.6) is 0 Å². The van der Waals surface area contributed by atoms with Gasteiger partial charge in [0.2, 0.25) is 0 Å². The van der Waals surface area contributed by atoms with E-state index in [0.29, 0.717) is 6.42 Å². The maximum absolute atomic E-state index is 10.9. The molecule has 0 aromatic heterocycles. The highest BCUT2D eigenvalue weighted by atomic mass is 16.6. The molecule has 1 fully saturated rings. The van der Waals surface area contributed by atoms with Crippen LogP contribution < -0.4 is 0 Å². The molecule has 1 aliphatic heterocycles. The molecule has 3 atom stereocenters. The molecule has 23 heavy (non-hydrogen) atoms. The number of allylic oxidation sites excluding steroid dienone is 1. The number of rotatable bonds is 14. The summed E-state index contributed by atoms with van der Waals surface area (Å²) in [4.78, 5) is 10.9. The maximum Gasteiger partial charge on any atom is 0.305 e. The van der Waals surface area contributed by atoms with E-state index in [1.807, 2.05) is 6.08 Å². The van der Waals surface area contributed by atoms with E-state index in [1.54, 1.807) is 0 Å². The smallest absolute Gasteiger partial charge is 0.305 e. The van der Waals surface area contributed by atoms with E-state index in [1.165, 1.54) is 32.8 Å². The highest BCUT2D eigenvalue weighted by Crippen LogP contribution is 2.30. The third kappa shape index (κ3) is 9.77. The van der Waals surface area contributed by atoms with Crippen molar-refractivity contribution in [2.75, 3.05) is 7.11 Å². The first-order valence-corrected chi connectivity index (χ1v) is 9.26. The van der Waals surface area contributed by atoms with Crippen molar-refractivity contribution in [2.24, 2.45) is 0 Å². The molecule has 0 aromatic carbocycles. The SMILES string of the molecule is CCCCCC1OC1C(O)/C=C/CCCCCCCC(=O)OC. The Labute approximate surface area is 141 Å². The lowest BCUT2D eigenvalue weighted by atomic mass is 10.1. The number of ether oxygens (including phenoxy) is 2. The van der Waals surface area contributed by atoms with Gasteiger partial charge in [0, 0.05) is 6.42 Å². The minimum absolute atomic E-state index is 0.0291. The number of hydrogen-bond acceptors (Lipinski definition) is 4. The third-order valence-electron chi connectivity index (χ3n) is 4.36. The second-order valence-electron chi connectivity index (χ2n) is 6.44. The molecule has 0 saturated carbocycles. The zero-order chi connectivity index (χ0) is 16.9. The molecule has 0 spiro atoms. The number of carbonyl (C=O) groups is 1. The quantitative estimate of drug-likeness (QED) is 0.225. The Balaban J connectivity index is 1.91. The average molecular weight is 326 g/mol. The van der Waals surface area contributed by atoms with Gasteiger partial charge in [-0.3, -0.25) is 4.79 Å². The van der Waals surface area contributed by atoms with Crippen molar-refractivity contribution in [1.82, 2.24) is 0 Å². The summed E-state index contributed by atoms with van der Waals surface area (Å²) in [5.41, 5.74) is 0. The molecule has 3 unspecified atom stereocenters. The lowest BCUT2D eigenvalue weighted by molar-refractivity contribution is -0.140. The topological polar surface area (TPSA) is 59.1 Å². The fourth-order valence-electron chi connectivity index (χ4n) is 2.79. The van der Waals surface area contributed by atoms with Crippen LogP contribution in [0.3, 0.4) is 0 Å². The zero-order valence-electron chi connectivity index (χ0n) is 14.8. The van der Waals surface area contributed by atoms with Crippen molar-refractivity contribution in [3.63, 3.8) is 0 Å². The van der Waals surface area contributed by atoms with Gasteiger partial charge in [-0.1, -0.05) is 57.6 Å². The summed E-state index contributed by atoms with van der Waals surface area (Å²) in [6.45, 7) is 2.20. The van der Waals surface area contributed by atoms with Gasteiger partial charge >= 0.3 is 5.97 Å². The van der Waals surface area contributed by atoms with Crippen molar-refractivity contribution in [2.45, 2.75) is 95.9 Å². The Hall–Kier alpha value is -0.870. The summed E-state index contributed by atoms with van der Waals surface area (Å²) in [5.74, 6) is -0.114. The molecule has 1 N–H and O–H groups in total. The molecule has 4 heteroatoms. The van der Waals surface area contributed by atoms with E-state index < -0.39 is 6.10 Å². The monoisotopic (exact) mass is 326 g/mol. The van der Waals surface area contributed by atoms with E-state index >= 15 is 0 Å². The summed E-state index contributed by atoms with van der Waals surface area (Å²) in [5, 5.41) is 10.0. The van der Waals surface area contributed by atoms with E-state index in [9.17, 15) is 9.90 Å². The number of methoxy groups -OCH3 is 1. The number of carbonyl (C=O) groups excluding carboxylic acids is 1. The van der Waals surface area contributed by atoms with Gasteiger partial charge in [-0.15, -0.1) is 0 Å². The molecule has 0 aliphatic carbocycles. The fourth-order valence-corrected chi connectivity index (χ4v) is 2.79. The van der Waals surface area contributed by atoms with E-state index in [4.69, 9.17) is 4.74 Å². The van der Waals surface area contributed by atoms with Gasteiger partial charge in [0.25, 0.3) is 0 Å². The molecule has 0 aromatic rings. The molecular weight excluding hydrogens is 292 g/mol. The standard InChI is InChI=1S/C19H34O4/c1-3-4-10-14-17-19(23-17)16(20)13-11-8-6-5-7-9-12-15-18(21)22-2/h11,13,16-17,19-20H,3-10,12,14-15H2,1-2H3/b13-11+. The van der Waals surface area contributed by atoms with Crippen molar-refractivity contribution in [1.29, 1.82) is 0 Å². The van der Waals surface area contributed by atoms with Crippen molar-refractivity contribution in [3.8, 4) is 0 Å². The van der Waals surface area contributed by atoms with Crippen LogP contribution in [0.4, 0.5) is 0 Å². The summed E-state index contributed by atoms with van der Waals surface area (Å²) in [6.07, 6.45) is 15.6. The Kier molecular flexibility index (Phi) is 11.0. The Morgan fingerprint density at radius 2 is 1.91 bits per heavy atom. The number of unbranched alkanes of at least 4 members (excludes halogenated alkanes) is 7. The van der Waals surface area contributed by atoms with Crippen LogP contribution >= 0.6 is 0 Å². The zero-order valence-corrected chi connectivity index (χ0v) is 14.8. The molecule has 0 amide bonds. The first kappa shape index (κ1) is 20.2. The molecule has 1 aliphatic rings. The average Bonchev–Trinajstić information content (AvgIpc) is 3.32. The van der Waals surface area contributed by atoms with Crippen LogP contribution in [0.15, 0.2) is 12.2 Å². The predicted octanol–water partition coefficient (Wildman–Crippen LogP) is 4.15. The van der Waals surface area contributed by atoms with Crippen molar-refractivity contribution >= 4 is 5.97 Å². The lowest BCUT2D eigenvalue weighted by Gasteiger charge is -2.02. The summed E-state index contributed by atoms with van der Waals surface area (Å²) < 4.78 is 10.1. The van der Waals surface area contributed by atoms with Gasteiger partial charge in [0.1, 0.15) is 12.2 Å². The Morgan fingerprint density at radius 3 is 2.65 bits per heavy atom. The Bertz CT molecular complexity index is 340. The lowest BCUT2D eigenvalue weighted by Crippen LogP contribution is -2.13. The molecular formula is C19H34O4. The van der Waals surface area contributed by atoms with Crippen molar-refractivity contribution < 1.29 is 19.4 Å². The molecule has 1 heterocycles. The van der Waals surface area contributed by atoms with Crippen LogP contribution in [0.2, 0.25) is 0 Å². The molecule has 0 radical (unpaired) electrons. The van der Waals surface area contributed by atoms with Crippen LogP contribution in [0.25, 0.3) is 0 Å². The first-order valence-electron chi connectivity index (χ1n) is 9.26. The largest absolute Gasteiger partial charge is 0.469 e. The maximum atomic E-state index is 10.9. The van der Waals surface area contributed by atoms with Crippen LogP contribution in [0, 0.1) is 0 Å². The number of aliphatic hydroxyl groups is 1. The van der Waals surface area contributed by atoms with E-state index in [2.05, 4.69) is 17.7 Å². The fraction of sp³-hybridized carbons (Fsp3) is 0.842. The highest BCUT2D eigenvalue weighted by molar-refractivity contribution is 5.68. The van der Waals surface area contributed by atoms with Gasteiger partial charge < -0.3 is 14.6 Å². The number of epoxide rings is 1. The van der Waals surface area contributed by atoms with E-state index in [-0.39, 0.29) is 18.2 Å². The molecule has 1 saturated heterocycles. The van der Waals surface area contributed by atoms with Crippen LogP contribution in [0.1, 0.15) is 77.6 Å². The first-order chi connectivity index (χ1) is 11.2. The number of esters is 1. The molecule has 0 bridgehead atoms. The van der Waals surface area contributed by atoms with Gasteiger partial charge in [-0.05, 0) is 25.7 Å².